The Labute approximate surface area is 109 Å². The van der Waals surface area contributed by atoms with Crippen LogP contribution in [0.2, 0.25) is 0 Å². The minimum atomic E-state index is -1.02. The predicted octanol–water partition coefficient (Wildman–Crippen LogP) is 2.38. The number of hydrogen-bond donors (Lipinski definition) is 2. The van der Waals surface area contributed by atoms with Crippen LogP contribution in [0.25, 0.3) is 6.08 Å². The molecule has 0 saturated heterocycles. The van der Waals surface area contributed by atoms with Gasteiger partial charge in [-0.3, -0.25) is 4.79 Å². The lowest BCUT2D eigenvalue weighted by Crippen LogP contribution is -2.28. The number of carboxylic acids is 1. The molecular formula is C13H15NO3S. The van der Waals surface area contributed by atoms with Gasteiger partial charge in [0.05, 0.1) is 4.88 Å². The van der Waals surface area contributed by atoms with Crippen LogP contribution in [0.1, 0.15) is 35.0 Å². The second kappa shape index (κ2) is 4.94. The summed E-state index contributed by atoms with van der Waals surface area (Å²) in [6, 6.07) is 1.75. The van der Waals surface area contributed by atoms with Gasteiger partial charge in [-0.1, -0.05) is 6.92 Å². The van der Waals surface area contributed by atoms with Crippen LogP contribution in [-0.2, 0) is 4.79 Å². The first kappa shape index (κ1) is 12.8. The second-order valence-corrected chi connectivity index (χ2v) is 5.79. The molecule has 2 rings (SSSR count). The van der Waals surface area contributed by atoms with Crippen molar-refractivity contribution in [3.05, 3.63) is 28.0 Å². The van der Waals surface area contributed by atoms with E-state index >= 15 is 0 Å². The van der Waals surface area contributed by atoms with Crippen molar-refractivity contribution in [1.82, 2.24) is 5.32 Å². The van der Waals surface area contributed by atoms with Gasteiger partial charge in [-0.25, -0.2) is 4.79 Å². The molecule has 0 radical (unpaired) electrons. The summed E-state index contributed by atoms with van der Waals surface area (Å²) < 4.78 is 0. The molecule has 1 aliphatic carbocycles. The summed E-state index contributed by atoms with van der Waals surface area (Å²) in [7, 11) is 0. The van der Waals surface area contributed by atoms with Crippen LogP contribution in [0.3, 0.4) is 0 Å². The molecule has 1 aliphatic rings. The number of amides is 1. The van der Waals surface area contributed by atoms with E-state index in [1.54, 1.807) is 11.4 Å². The van der Waals surface area contributed by atoms with Crippen LogP contribution in [-0.4, -0.2) is 23.5 Å². The third-order valence-corrected chi connectivity index (χ3v) is 4.02. The van der Waals surface area contributed by atoms with E-state index in [1.807, 2.05) is 0 Å². The zero-order valence-electron chi connectivity index (χ0n) is 10.1. The van der Waals surface area contributed by atoms with E-state index in [2.05, 4.69) is 12.2 Å². The summed E-state index contributed by atoms with van der Waals surface area (Å²) in [5.41, 5.74) is 0.921. The van der Waals surface area contributed by atoms with Gasteiger partial charge in [0.1, 0.15) is 0 Å². The van der Waals surface area contributed by atoms with E-state index in [4.69, 9.17) is 5.11 Å². The molecule has 1 fully saturated rings. The van der Waals surface area contributed by atoms with Crippen LogP contribution >= 0.6 is 11.3 Å². The average molecular weight is 265 g/mol. The lowest BCUT2D eigenvalue weighted by atomic mass is 10.1. The first-order valence-corrected chi connectivity index (χ1v) is 6.65. The van der Waals surface area contributed by atoms with Crippen LogP contribution in [0.4, 0.5) is 0 Å². The molecule has 0 unspecified atom stereocenters. The van der Waals surface area contributed by atoms with E-state index in [0.29, 0.717) is 17.0 Å². The molecular weight excluding hydrogens is 250 g/mol. The van der Waals surface area contributed by atoms with Crippen LogP contribution in [0, 0.1) is 5.41 Å². The minimum absolute atomic E-state index is 0.122. The number of aliphatic carboxylic acids is 1. The molecule has 5 heteroatoms. The lowest BCUT2D eigenvalue weighted by Gasteiger charge is -2.09. The van der Waals surface area contributed by atoms with E-state index in [9.17, 15) is 9.59 Å². The zero-order chi connectivity index (χ0) is 13.2. The normalized spacial score (nSPS) is 16.7. The van der Waals surface area contributed by atoms with Gasteiger partial charge >= 0.3 is 5.97 Å². The van der Waals surface area contributed by atoms with Crippen LogP contribution in [0.15, 0.2) is 17.5 Å². The van der Waals surface area contributed by atoms with Gasteiger partial charge in [0, 0.05) is 12.6 Å². The maximum absolute atomic E-state index is 12.0. The Morgan fingerprint density at radius 3 is 2.89 bits per heavy atom. The van der Waals surface area contributed by atoms with Gasteiger partial charge in [0.15, 0.2) is 0 Å². The van der Waals surface area contributed by atoms with Crippen LogP contribution in [0.5, 0.6) is 0 Å². The summed E-state index contributed by atoms with van der Waals surface area (Å²) >= 11 is 1.32. The number of carbonyl (C=O) groups is 2. The Kier molecular flexibility index (Phi) is 3.52. The molecule has 1 amide bonds. The Bertz CT molecular complexity index is 500. The van der Waals surface area contributed by atoms with Gasteiger partial charge in [0.25, 0.3) is 5.91 Å². The standard InChI is InChI=1S/C13H15NO3S/c1-13(5-6-13)8-14-12(17)11-9(4-7-18-11)2-3-10(15)16/h2-4,7H,5-6,8H2,1H3,(H,14,17)(H,15,16)/b3-2+. The van der Waals surface area contributed by atoms with Crippen molar-refractivity contribution in [2.75, 3.05) is 6.54 Å². The number of hydrogen-bond acceptors (Lipinski definition) is 3. The van der Waals surface area contributed by atoms with Crippen molar-refractivity contribution in [2.45, 2.75) is 19.8 Å². The predicted molar refractivity (Wildman–Crippen MR) is 70.7 cm³/mol. The van der Waals surface area contributed by atoms with Crippen molar-refractivity contribution < 1.29 is 14.7 Å². The lowest BCUT2D eigenvalue weighted by molar-refractivity contribution is -0.131. The highest BCUT2D eigenvalue weighted by Crippen LogP contribution is 2.44. The summed E-state index contributed by atoms with van der Waals surface area (Å²) in [5.74, 6) is -1.14. The fraction of sp³-hybridized carbons (Fsp3) is 0.385. The highest BCUT2D eigenvalue weighted by atomic mass is 32.1. The van der Waals surface area contributed by atoms with E-state index in [1.165, 1.54) is 17.4 Å². The van der Waals surface area contributed by atoms with Gasteiger partial charge in [-0.15, -0.1) is 11.3 Å². The summed E-state index contributed by atoms with van der Waals surface area (Å²) in [6.07, 6.45) is 4.81. The number of carboxylic acid groups (broad SMARTS) is 1. The van der Waals surface area contributed by atoms with E-state index < -0.39 is 5.97 Å². The van der Waals surface area contributed by atoms with Gasteiger partial charge in [0.2, 0.25) is 0 Å². The smallest absolute Gasteiger partial charge is 0.328 e. The van der Waals surface area contributed by atoms with Gasteiger partial charge in [-0.2, -0.15) is 0 Å². The van der Waals surface area contributed by atoms with Crippen molar-refractivity contribution in [1.29, 1.82) is 0 Å². The topological polar surface area (TPSA) is 66.4 Å². The highest BCUT2D eigenvalue weighted by molar-refractivity contribution is 7.12. The number of thiophene rings is 1. The number of nitrogens with one attached hydrogen (secondary N) is 1. The fourth-order valence-corrected chi connectivity index (χ4v) is 2.36. The average Bonchev–Trinajstić information content (AvgIpc) is 2.89. The van der Waals surface area contributed by atoms with E-state index in [-0.39, 0.29) is 11.3 Å². The molecule has 1 aromatic heterocycles. The van der Waals surface area contributed by atoms with Crippen LogP contribution < -0.4 is 5.32 Å². The molecule has 96 valence electrons. The second-order valence-electron chi connectivity index (χ2n) is 4.87. The maximum atomic E-state index is 12.0. The van der Waals surface area contributed by atoms with Crippen molar-refractivity contribution in [3.63, 3.8) is 0 Å². The molecule has 0 aromatic carbocycles. The Hall–Kier alpha value is -1.62. The summed E-state index contributed by atoms with van der Waals surface area (Å²) in [6.45, 7) is 2.83. The molecule has 0 atom stereocenters. The fourth-order valence-electron chi connectivity index (χ4n) is 1.56. The SMILES string of the molecule is CC1(CNC(=O)c2sccc2/C=C/C(=O)O)CC1. The molecule has 18 heavy (non-hydrogen) atoms. The zero-order valence-corrected chi connectivity index (χ0v) is 10.9. The molecule has 0 bridgehead atoms. The first-order chi connectivity index (χ1) is 8.50. The highest BCUT2D eigenvalue weighted by Gasteiger charge is 2.37. The largest absolute Gasteiger partial charge is 0.478 e. The Balaban J connectivity index is 2.01. The van der Waals surface area contributed by atoms with E-state index in [0.717, 1.165) is 18.9 Å². The first-order valence-electron chi connectivity index (χ1n) is 5.77. The third kappa shape index (κ3) is 3.20. The summed E-state index contributed by atoms with van der Waals surface area (Å²) in [4.78, 5) is 23.0. The van der Waals surface area contributed by atoms with Crippen molar-refractivity contribution in [3.8, 4) is 0 Å². The Morgan fingerprint density at radius 2 is 2.28 bits per heavy atom. The molecule has 4 nitrogen and oxygen atoms in total. The molecule has 0 spiro atoms. The quantitative estimate of drug-likeness (QED) is 0.803. The maximum Gasteiger partial charge on any atom is 0.328 e. The van der Waals surface area contributed by atoms with Gasteiger partial charge in [-0.05, 0) is 41.3 Å². The van der Waals surface area contributed by atoms with Gasteiger partial charge < -0.3 is 10.4 Å². The van der Waals surface area contributed by atoms with Crippen molar-refractivity contribution >= 4 is 29.3 Å². The molecule has 1 saturated carbocycles. The van der Waals surface area contributed by atoms with Crippen molar-refractivity contribution in [2.24, 2.45) is 5.41 Å². The molecule has 0 aliphatic heterocycles. The molecule has 1 aromatic rings. The molecule has 1 heterocycles. The third-order valence-electron chi connectivity index (χ3n) is 3.09. The Morgan fingerprint density at radius 1 is 1.56 bits per heavy atom. The minimum Gasteiger partial charge on any atom is -0.478 e. The number of rotatable bonds is 5. The molecule has 2 N–H and O–H groups in total. The monoisotopic (exact) mass is 265 g/mol. The summed E-state index contributed by atoms with van der Waals surface area (Å²) in [5, 5.41) is 13.3. The number of carbonyl (C=O) groups excluding carboxylic acids is 1.